The molecule has 2 aromatic heterocycles. The lowest BCUT2D eigenvalue weighted by atomic mass is 10.2. The number of thiophene rings is 2. The molecule has 0 unspecified atom stereocenters. The molecule has 0 amide bonds. The number of aryl methyl sites for hydroxylation is 3. The second-order valence-corrected chi connectivity index (χ2v) is 6.81. The van der Waals surface area contributed by atoms with E-state index in [1.54, 1.807) is 28.7 Å². The highest BCUT2D eigenvalue weighted by molar-refractivity contribution is 7.14. The Balaban J connectivity index is 2.13. The first-order chi connectivity index (χ1) is 8.60. The average Bonchev–Trinajstić information content (AvgIpc) is 2.93. The highest BCUT2D eigenvalue weighted by Crippen LogP contribution is 2.23. The molecule has 0 spiro atoms. The normalized spacial score (nSPS) is 11.3. The largest absolute Gasteiger partial charge is 0.288 e. The molecule has 0 atom stereocenters. The van der Waals surface area contributed by atoms with Crippen molar-refractivity contribution >= 4 is 34.5 Å². The molecule has 2 heterocycles. The summed E-state index contributed by atoms with van der Waals surface area (Å²) in [5, 5.41) is 0. The monoisotopic (exact) mass is 276 g/mol. The van der Waals surface area contributed by atoms with Gasteiger partial charge in [0.1, 0.15) is 0 Å². The van der Waals surface area contributed by atoms with Gasteiger partial charge in [0, 0.05) is 14.6 Å². The van der Waals surface area contributed by atoms with Gasteiger partial charge >= 0.3 is 0 Å². The second-order valence-electron chi connectivity index (χ2n) is 4.19. The quantitative estimate of drug-likeness (QED) is 0.574. The molecule has 0 aromatic carbocycles. The first-order valence-electron chi connectivity index (χ1n) is 5.98. The summed E-state index contributed by atoms with van der Waals surface area (Å²) in [6, 6.07) is 6.07. The van der Waals surface area contributed by atoms with E-state index in [-0.39, 0.29) is 5.78 Å². The van der Waals surface area contributed by atoms with Crippen LogP contribution in [0.1, 0.15) is 36.8 Å². The molecule has 1 nitrogen and oxygen atoms in total. The van der Waals surface area contributed by atoms with Crippen molar-refractivity contribution in [2.45, 2.75) is 27.2 Å². The summed E-state index contributed by atoms with van der Waals surface area (Å²) >= 11 is 3.35. The average molecular weight is 276 g/mol. The van der Waals surface area contributed by atoms with Gasteiger partial charge in [0.15, 0.2) is 5.78 Å². The SMILES string of the molecule is CCc1ccc(C(=O)/C=C/c2cc(C)sc2C)s1. The van der Waals surface area contributed by atoms with Crippen LogP contribution in [0.15, 0.2) is 24.3 Å². The zero-order valence-electron chi connectivity index (χ0n) is 10.8. The summed E-state index contributed by atoms with van der Waals surface area (Å²) in [4.78, 5) is 16.6. The minimum absolute atomic E-state index is 0.1000. The maximum absolute atomic E-state index is 12.0. The van der Waals surface area contributed by atoms with Crippen LogP contribution < -0.4 is 0 Å². The standard InChI is InChI=1S/C15H16OS2/c1-4-13-6-8-15(18-13)14(16)7-5-12-9-10(2)17-11(12)3/h5-9H,4H2,1-3H3/b7-5+. The van der Waals surface area contributed by atoms with Gasteiger partial charge in [-0.25, -0.2) is 0 Å². The number of ketones is 1. The van der Waals surface area contributed by atoms with Crippen LogP contribution in [0.2, 0.25) is 0 Å². The number of allylic oxidation sites excluding steroid dienone is 1. The maximum atomic E-state index is 12.0. The molecule has 0 radical (unpaired) electrons. The zero-order valence-corrected chi connectivity index (χ0v) is 12.5. The fourth-order valence-corrected chi connectivity index (χ4v) is 3.55. The third kappa shape index (κ3) is 2.98. The van der Waals surface area contributed by atoms with E-state index in [9.17, 15) is 4.79 Å². The molecule has 2 aromatic rings. The Morgan fingerprint density at radius 3 is 2.61 bits per heavy atom. The van der Waals surface area contributed by atoms with Crippen molar-refractivity contribution in [3.63, 3.8) is 0 Å². The van der Waals surface area contributed by atoms with Gasteiger partial charge in [0.25, 0.3) is 0 Å². The molecular formula is C15H16OS2. The van der Waals surface area contributed by atoms with E-state index in [0.29, 0.717) is 0 Å². The molecule has 3 heteroatoms. The molecular weight excluding hydrogens is 260 g/mol. The van der Waals surface area contributed by atoms with Crippen LogP contribution in [0.25, 0.3) is 6.08 Å². The summed E-state index contributed by atoms with van der Waals surface area (Å²) in [6.07, 6.45) is 4.59. The third-order valence-corrected chi connectivity index (χ3v) is 4.97. The summed E-state index contributed by atoms with van der Waals surface area (Å²) in [5.41, 5.74) is 1.15. The Hall–Kier alpha value is -1.19. The Kier molecular flexibility index (Phi) is 4.15. The van der Waals surface area contributed by atoms with Gasteiger partial charge in [0.2, 0.25) is 0 Å². The van der Waals surface area contributed by atoms with E-state index in [2.05, 4.69) is 26.8 Å². The van der Waals surface area contributed by atoms with Crippen molar-refractivity contribution in [3.05, 3.63) is 49.3 Å². The van der Waals surface area contributed by atoms with Crippen LogP contribution >= 0.6 is 22.7 Å². The van der Waals surface area contributed by atoms with Gasteiger partial charge in [-0.1, -0.05) is 6.92 Å². The van der Waals surface area contributed by atoms with Crippen LogP contribution in [0.5, 0.6) is 0 Å². The van der Waals surface area contributed by atoms with Gasteiger partial charge in [0.05, 0.1) is 4.88 Å². The van der Waals surface area contributed by atoms with E-state index in [1.807, 2.05) is 18.2 Å². The van der Waals surface area contributed by atoms with Crippen LogP contribution in [0, 0.1) is 13.8 Å². The number of carbonyl (C=O) groups excluding carboxylic acids is 1. The summed E-state index contributed by atoms with van der Waals surface area (Å²) in [5.74, 6) is 0.1000. The van der Waals surface area contributed by atoms with Crippen molar-refractivity contribution in [1.82, 2.24) is 0 Å². The van der Waals surface area contributed by atoms with Gasteiger partial charge in [-0.2, -0.15) is 0 Å². The van der Waals surface area contributed by atoms with Crippen LogP contribution in [-0.4, -0.2) is 5.78 Å². The molecule has 94 valence electrons. The van der Waals surface area contributed by atoms with E-state index < -0.39 is 0 Å². The van der Waals surface area contributed by atoms with Gasteiger partial charge in [-0.05, 0) is 56.2 Å². The van der Waals surface area contributed by atoms with Crippen molar-refractivity contribution in [2.75, 3.05) is 0 Å². The lowest BCUT2D eigenvalue weighted by Crippen LogP contribution is -1.88. The zero-order chi connectivity index (χ0) is 13.1. The van der Waals surface area contributed by atoms with E-state index in [0.717, 1.165) is 16.9 Å². The fraction of sp³-hybridized carbons (Fsp3) is 0.267. The van der Waals surface area contributed by atoms with Crippen LogP contribution in [0.4, 0.5) is 0 Å². The molecule has 0 aliphatic carbocycles. The molecule has 0 saturated heterocycles. The van der Waals surface area contributed by atoms with Gasteiger partial charge in [-0.15, -0.1) is 22.7 Å². The van der Waals surface area contributed by atoms with Gasteiger partial charge < -0.3 is 0 Å². The van der Waals surface area contributed by atoms with Crippen LogP contribution in [-0.2, 0) is 6.42 Å². The van der Waals surface area contributed by atoms with E-state index in [1.165, 1.54) is 14.6 Å². The first-order valence-corrected chi connectivity index (χ1v) is 7.61. The maximum Gasteiger partial charge on any atom is 0.195 e. The second kappa shape index (κ2) is 5.63. The smallest absolute Gasteiger partial charge is 0.195 e. The Bertz CT molecular complexity index is 587. The predicted octanol–water partition coefficient (Wildman–Crippen LogP) is 4.88. The Morgan fingerprint density at radius 1 is 1.28 bits per heavy atom. The van der Waals surface area contributed by atoms with Crippen LogP contribution in [0.3, 0.4) is 0 Å². The van der Waals surface area contributed by atoms with Crippen molar-refractivity contribution < 1.29 is 4.79 Å². The molecule has 0 fully saturated rings. The number of hydrogen-bond acceptors (Lipinski definition) is 3. The van der Waals surface area contributed by atoms with Crippen molar-refractivity contribution in [2.24, 2.45) is 0 Å². The predicted molar refractivity (Wildman–Crippen MR) is 80.9 cm³/mol. The highest BCUT2D eigenvalue weighted by Gasteiger charge is 2.06. The van der Waals surface area contributed by atoms with Gasteiger partial charge in [-0.3, -0.25) is 4.79 Å². The molecule has 0 bridgehead atoms. The fourth-order valence-electron chi connectivity index (χ4n) is 1.76. The summed E-state index contributed by atoms with van der Waals surface area (Å²) in [7, 11) is 0. The Labute approximate surface area is 116 Å². The molecule has 0 N–H and O–H groups in total. The minimum Gasteiger partial charge on any atom is -0.288 e. The summed E-state index contributed by atoms with van der Waals surface area (Å²) < 4.78 is 0. The van der Waals surface area contributed by atoms with Crippen molar-refractivity contribution in [1.29, 1.82) is 0 Å². The number of hydrogen-bond donors (Lipinski definition) is 0. The minimum atomic E-state index is 0.1000. The number of carbonyl (C=O) groups is 1. The first kappa shape index (κ1) is 13.2. The third-order valence-electron chi connectivity index (χ3n) is 2.75. The lowest BCUT2D eigenvalue weighted by molar-refractivity contribution is 0.105. The molecule has 0 saturated carbocycles. The van der Waals surface area contributed by atoms with E-state index >= 15 is 0 Å². The lowest BCUT2D eigenvalue weighted by Gasteiger charge is -1.90. The molecule has 0 aliphatic heterocycles. The summed E-state index contributed by atoms with van der Waals surface area (Å²) in [6.45, 7) is 6.28. The van der Waals surface area contributed by atoms with Crippen molar-refractivity contribution in [3.8, 4) is 0 Å². The molecule has 18 heavy (non-hydrogen) atoms. The van der Waals surface area contributed by atoms with E-state index in [4.69, 9.17) is 0 Å². The topological polar surface area (TPSA) is 17.1 Å². The molecule has 2 rings (SSSR count). The number of rotatable bonds is 4. The Morgan fingerprint density at radius 2 is 2.06 bits per heavy atom. The highest BCUT2D eigenvalue weighted by atomic mass is 32.1. The molecule has 0 aliphatic rings.